The van der Waals surface area contributed by atoms with Crippen LogP contribution in [-0.2, 0) is 6.42 Å². The number of aromatic nitrogens is 4. The molecular weight excluding hydrogens is 226 g/mol. The highest BCUT2D eigenvalue weighted by molar-refractivity contribution is 5.83. The van der Waals surface area contributed by atoms with Crippen LogP contribution < -0.4 is 5.73 Å². The number of nitrogens with zero attached hydrogens (tertiary/aromatic N) is 4. The molecule has 1 aromatic carbocycles. The van der Waals surface area contributed by atoms with E-state index in [-0.39, 0.29) is 0 Å². The summed E-state index contributed by atoms with van der Waals surface area (Å²) in [5, 5.41) is 5.40. The van der Waals surface area contributed by atoms with Crippen LogP contribution in [0.5, 0.6) is 0 Å². The molecule has 18 heavy (non-hydrogen) atoms. The standard InChI is InChI=1S/C13H13N5/c1-2-11-6-13(16-8-15-11)18-12-5-10(14)4-3-9(12)7-17-18/h3-8H,2,14H2,1H3. The molecule has 3 aromatic rings. The number of fused-ring (bicyclic) bond motifs is 1. The van der Waals surface area contributed by atoms with E-state index in [0.29, 0.717) is 5.69 Å². The van der Waals surface area contributed by atoms with Gasteiger partial charge in [-0.3, -0.25) is 0 Å². The molecule has 0 aliphatic heterocycles. The molecule has 5 nitrogen and oxygen atoms in total. The Balaban J connectivity index is 2.21. The van der Waals surface area contributed by atoms with Crippen molar-refractivity contribution >= 4 is 16.6 Å². The maximum absolute atomic E-state index is 5.81. The first kappa shape index (κ1) is 10.7. The van der Waals surface area contributed by atoms with Crippen LogP contribution in [0, 0.1) is 0 Å². The van der Waals surface area contributed by atoms with Crippen LogP contribution in [0.2, 0.25) is 0 Å². The van der Waals surface area contributed by atoms with E-state index in [0.717, 1.165) is 28.8 Å². The highest BCUT2D eigenvalue weighted by atomic mass is 15.3. The molecule has 0 saturated heterocycles. The minimum absolute atomic E-state index is 0.717. The summed E-state index contributed by atoms with van der Waals surface area (Å²) < 4.78 is 1.78. The van der Waals surface area contributed by atoms with E-state index < -0.39 is 0 Å². The number of benzene rings is 1. The van der Waals surface area contributed by atoms with Gasteiger partial charge in [0.15, 0.2) is 5.82 Å². The van der Waals surface area contributed by atoms with Gasteiger partial charge in [0, 0.05) is 22.8 Å². The lowest BCUT2D eigenvalue weighted by molar-refractivity contribution is 0.852. The minimum atomic E-state index is 0.717. The van der Waals surface area contributed by atoms with Gasteiger partial charge in [-0.15, -0.1) is 0 Å². The molecule has 0 fully saturated rings. The molecular formula is C13H13N5. The van der Waals surface area contributed by atoms with Crippen molar-refractivity contribution in [2.24, 2.45) is 0 Å². The Labute approximate surface area is 104 Å². The molecule has 0 atom stereocenters. The molecule has 2 aromatic heterocycles. The van der Waals surface area contributed by atoms with Crippen LogP contribution in [0.15, 0.2) is 36.8 Å². The molecule has 0 unspecified atom stereocenters. The molecule has 2 N–H and O–H groups in total. The Bertz CT molecular complexity index is 701. The maximum atomic E-state index is 5.81. The van der Waals surface area contributed by atoms with Crippen molar-refractivity contribution in [3.63, 3.8) is 0 Å². The number of aryl methyl sites for hydroxylation is 1. The molecule has 0 spiro atoms. The summed E-state index contributed by atoms with van der Waals surface area (Å²) in [7, 11) is 0. The predicted molar refractivity (Wildman–Crippen MR) is 70.5 cm³/mol. The smallest absolute Gasteiger partial charge is 0.157 e. The lowest BCUT2D eigenvalue weighted by atomic mass is 10.2. The Morgan fingerprint density at radius 2 is 2.11 bits per heavy atom. The maximum Gasteiger partial charge on any atom is 0.157 e. The van der Waals surface area contributed by atoms with Gasteiger partial charge in [-0.2, -0.15) is 5.10 Å². The van der Waals surface area contributed by atoms with Crippen LogP contribution in [0.4, 0.5) is 5.69 Å². The molecule has 2 heterocycles. The fraction of sp³-hybridized carbons (Fsp3) is 0.154. The quantitative estimate of drug-likeness (QED) is 0.694. The van der Waals surface area contributed by atoms with Crippen molar-refractivity contribution in [3.8, 4) is 5.82 Å². The average molecular weight is 239 g/mol. The first-order valence-corrected chi connectivity index (χ1v) is 5.82. The molecule has 0 aliphatic carbocycles. The SMILES string of the molecule is CCc1cc(-n2ncc3ccc(N)cc32)ncn1. The van der Waals surface area contributed by atoms with E-state index in [9.17, 15) is 0 Å². The van der Waals surface area contributed by atoms with Crippen molar-refractivity contribution in [3.05, 3.63) is 42.5 Å². The van der Waals surface area contributed by atoms with Crippen LogP contribution in [0.1, 0.15) is 12.6 Å². The van der Waals surface area contributed by atoms with Crippen molar-refractivity contribution in [2.75, 3.05) is 5.73 Å². The number of nitrogen functional groups attached to an aromatic ring is 1. The topological polar surface area (TPSA) is 69.6 Å². The van der Waals surface area contributed by atoms with Crippen LogP contribution in [-0.4, -0.2) is 19.7 Å². The third kappa shape index (κ3) is 1.69. The third-order valence-corrected chi connectivity index (χ3v) is 2.88. The summed E-state index contributed by atoms with van der Waals surface area (Å²) in [6, 6.07) is 7.66. The first-order valence-electron chi connectivity index (χ1n) is 5.82. The van der Waals surface area contributed by atoms with Gasteiger partial charge in [0.05, 0.1) is 11.7 Å². The summed E-state index contributed by atoms with van der Waals surface area (Å²) in [4.78, 5) is 8.45. The second-order valence-electron chi connectivity index (χ2n) is 4.10. The number of nitrogens with two attached hydrogens (primary N) is 1. The predicted octanol–water partition coefficient (Wildman–Crippen LogP) is 1.96. The summed E-state index contributed by atoms with van der Waals surface area (Å²) in [6.07, 6.45) is 4.24. The van der Waals surface area contributed by atoms with Crippen molar-refractivity contribution < 1.29 is 0 Å². The number of rotatable bonds is 2. The van der Waals surface area contributed by atoms with Crippen molar-refractivity contribution in [1.29, 1.82) is 0 Å². The Morgan fingerprint density at radius 3 is 2.94 bits per heavy atom. The highest BCUT2D eigenvalue weighted by Gasteiger charge is 2.07. The molecule has 0 radical (unpaired) electrons. The van der Waals surface area contributed by atoms with Gasteiger partial charge in [-0.05, 0) is 24.6 Å². The number of anilines is 1. The van der Waals surface area contributed by atoms with E-state index in [1.807, 2.05) is 30.5 Å². The van der Waals surface area contributed by atoms with E-state index in [1.165, 1.54) is 0 Å². The lowest BCUT2D eigenvalue weighted by Gasteiger charge is -2.04. The summed E-state index contributed by atoms with van der Waals surface area (Å²) >= 11 is 0. The zero-order valence-electron chi connectivity index (χ0n) is 10.0. The third-order valence-electron chi connectivity index (χ3n) is 2.88. The van der Waals surface area contributed by atoms with Crippen LogP contribution in [0.3, 0.4) is 0 Å². The Kier molecular flexibility index (Phi) is 2.44. The van der Waals surface area contributed by atoms with Crippen molar-refractivity contribution in [2.45, 2.75) is 13.3 Å². The van der Waals surface area contributed by atoms with Gasteiger partial charge in [-0.1, -0.05) is 6.92 Å². The molecule has 0 aliphatic rings. The molecule has 3 rings (SSSR count). The van der Waals surface area contributed by atoms with Gasteiger partial charge < -0.3 is 5.73 Å². The molecule has 90 valence electrons. The fourth-order valence-electron chi connectivity index (χ4n) is 1.91. The van der Waals surface area contributed by atoms with E-state index in [2.05, 4.69) is 22.0 Å². The number of hydrogen-bond donors (Lipinski definition) is 1. The van der Waals surface area contributed by atoms with Crippen LogP contribution >= 0.6 is 0 Å². The molecule has 0 bridgehead atoms. The second kappa shape index (κ2) is 4.10. The largest absolute Gasteiger partial charge is 0.399 e. The zero-order chi connectivity index (χ0) is 12.5. The fourth-order valence-corrected chi connectivity index (χ4v) is 1.91. The van der Waals surface area contributed by atoms with Gasteiger partial charge in [-0.25, -0.2) is 14.6 Å². The van der Waals surface area contributed by atoms with Gasteiger partial charge >= 0.3 is 0 Å². The van der Waals surface area contributed by atoms with E-state index in [1.54, 1.807) is 11.0 Å². The van der Waals surface area contributed by atoms with Gasteiger partial charge in [0.1, 0.15) is 6.33 Å². The van der Waals surface area contributed by atoms with E-state index >= 15 is 0 Å². The molecule has 0 saturated carbocycles. The van der Waals surface area contributed by atoms with E-state index in [4.69, 9.17) is 5.73 Å². The Hall–Kier alpha value is -2.43. The molecule has 0 amide bonds. The minimum Gasteiger partial charge on any atom is -0.399 e. The number of hydrogen-bond acceptors (Lipinski definition) is 4. The Morgan fingerprint density at radius 1 is 1.22 bits per heavy atom. The monoisotopic (exact) mass is 239 g/mol. The normalized spacial score (nSPS) is 10.9. The van der Waals surface area contributed by atoms with Crippen LogP contribution in [0.25, 0.3) is 16.7 Å². The lowest BCUT2D eigenvalue weighted by Crippen LogP contribution is -2.01. The van der Waals surface area contributed by atoms with Gasteiger partial charge in [0.25, 0.3) is 0 Å². The van der Waals surface area contributed by atoms with Gasteiger partial charge in [0.2, 0.25) is 0 Å². The highest BCUT2D eigenvalue weighted by Crippen LogP contribution is 2.19. The summed E-state index contributed by atoms with van der Waals surface area (Å²) in [6.45, 7) is 2.06. The second-order valence-corrected chi connectivity index (χ2v) is 4.10. The zero-order valence-corrected chi connectivity index (χ0v) is 10.0. The van der Waals surface area contributed by atoms with Crippen molar-refractivity contribution in [1.82, 2.24) is 19.7 Å². The first-order chi connectivity index (χ1) is 8.78. The average Bonchev–Trinajstić information content (AvgIpc) is 2.81. The summed E-state index contributed by atoms with van der Waals surface area (Å²) in [5.74, 6) is 0.766. The summed E-state index contributed by atoms with van der Waals surface area (Å²) in [5.41, 5.74) is 8.48. The molecule has 5 heteroatoms.